The summed E-state index contributed by atoms with van der Waals surface area (Å²) in [5.41, 5.74) is 1.65. The summed E-state index contributed by atoms with van der Waals surface area (Å²) in [7, 11) is 1.61. The van der Waals surface area contributed by atoms with E-state index in [4.69, 9.17) is 9.47 Å². The van der Waals surface area contributed by atoms with E-state index in [9.17, 15) is 14.4 Å². The van der Waals surface area contributed by atoms with Crippen LogP contribution < -0.4 is 4.74 Å². The number of aromatic nitrogens is 1. The van der Waals surface area contributed by atoms with Crippen LogP contribution in [0.15, 0.2) is 47.5 Å². The molecule has 0 spiro atoms. The molecule has 0 radical (unpaired) electrons. The number of carbonyl (C=O) groups excluding carboxylic acids is 3. The fourth-order valence-electron chi connectivity index (χ4n) is 3.31. The van der Waals surface area contributed by atoms with Gasteiger partial charge in [-0.2, -0.15) is 0 Å². The molecule has 9 heteroatoms. The number of carbonyl (C=O) groups is 3. The van der Waals surface area contributed by atoms with Gasteiger partial charge in [0.2, 0.25) is 5.91 Å². The van der Waals surface area contributed by atoms with E-state index in [2.05, 4.69) is 0 Å². The zero-order valence-electron chi connectivity index (χ0n) is 16.4. The molecule has 0 aliphatic carbocycles. The number of thioether (sulfide) groups is 1. The van der Waals surface area contributed by atoms with Gasteiger partial charge in [0.1, 0.15) is 12.3 Å². The van der Waals surface area contributed by atoms with Gasteiger partial charge in [0.25, 0.3) is 11.1 Å². The SMILES string of the molecule is COc1ccc(-n2cccc2C=C2SC(=O)N(CC(=O)N3CCOCC3)C2=O)cc1. The number of methoxy groups -OCH3 is 1. The van der Waals surface area contributed by atoms with Crippen LogP contribution in [0, 0.1) is 0 Å². The Hall–Kier alpha value is -3.04. The smallest absolute Gasteiger partial charge is 0.294 e. The topological polar surface area (TPSA) is 81.1 Å². The average Bonchev–Trinajstić information content (AvgIpc) is 3.34. The lowest BCUT2D eigenvalue weighted by atomic mass is 10.2. The lowest BCUT2D eigenvalue weighted by molar-refractivity contribution is -0.139. The van der Waals surface area contributed by atoms with Crippen molar-refractivity contribution < 1.29 is 23.9 Å². The summed E-state index contributed by atoms with van der Waals surface area (Å²) >= 11 is 0.848. The molecule has 0 N–H and O–H groups in total. The molecule has 3 heterocycles. The zero-order valence-corrected chi connectivity index (χ0v) is 17.3. The quantitative estimate of drug-likeness (QED) is 0.682. The van der Waals surface area contributed by atoms with Crippen molar-refractivity contribution in [1.82, 2.24) is 14.4 Å². The molecule has 156 valence electrons. The Morgan fingerprint density at radius 2 is 1.90 bits per heavy atom. The lowest BCUT2D eigenvalue weighted by Crippen LogP contribution is -2.46. The van der Waals surface area contributed by atoms with Crippen LogP contribution in [-0.2, 0) is 14.3 Å². The first kappa shape index (κ1) is 20.2. The molecular formula is C21H21N3O5S. The van der Waals surface area contributed by atoms with E-state index in [0.29, 0.717) is 31.2 Å². The maximum atomic E-state index is 12.8. The number of nitrogens with zero attached hydrogens (tertiary/aromatic N) is 3. The first-order valence-electron chi connectivity index (χ1n) is 9.49. The number of rotatable bonds is 5. The Morgan fingerprint density at radius 3 is 2.60 bits per heavy atom. The van der Waals surface area contributed by atoms with Crippen LogP contribution in [0.3, 0.4) is 0 Å². The Kier molecular flexibility index (Phi) is 5.91. The predicted octanol–water partition coefficient (Wildman–Crippen LogP) is 2.38. The van der Waals surface area contributed by atoms with Gasteiger partial charge in [0, 0.05) is 30.7 Å². The minimum Gasteiger partial charge on any atom is -0.497 e. The summed E-state index contributed by atoms with van der Waals surface area (Å²) in [6.45, 7) is 1.63. The summed E-state index contributed by atoms with van der Waals surface area (Å²) in [5.74, 6) is 0.0519. The van der Waals surface area contributed by atoms with Crippen molar-refractivity contribution in [3.05, 3.63) is 53.2 Å². The van der Waals surface area contributed by atoms with E-state index < -0.39 is 11.1 Å². The first-order valence-corrected chi connectivity index (χ1v) is 10.3. The maximum Gasteiger partial charge on any atom is 0.294 e. The zero-order chi connectivity index (χ0) is 21.1. The van der Waals surface area contributed by atoms with Gasteiger partial charge in [0.05, 0.1) is 25.2 Å². The fourth-order valence-corrected chi connectivity index (χ4v) is 4.13. The highest BCUT2D eigenvalue weighted by atomic mass is 32.2. The fraction of sp³-hybridized carbons (Fsp3) is 0.286. The molecule has 2 aromatic rings. The number of hydrogen-bond donors (Lipinski definition) is 0. The minimum atomic E-state index is -0.450. The monoisotopic (exact) mass is 427 g/mol. The van der Waals surface area contributed by atoms with Gasteiger partial charge in [-0.15, -0.1) is 0 Å². The third-order valence-corrected chi connectivity index (χ3v) is 5.85. The van der Waals surface area contributed by atoms with E-state index in [1.807, 2.05) is 47.2 Å². The van der Waals surface area contributed by atoms with Crippen molar-refractivity contribution in [2.24, 2.45) is 0 Å². The molecule has 0 atom stereocenters. The van der Waals surface area contributed by atoms with Crippen molar-refractivity contribution >= 4 is 34.9 Å². The number of imide groups is 1. The molecule has 0 saturated carbocycles. The Labute approximate surface area is 178 Å². The highest BCUT2D eigenvalue weighted by molar-refractivity contribution is 8.18. The Bertz CT molecular complexity index is 992. The van der Waals surface area contributed by atoms with Crippen LogP contribution >= 0.6 is 11.8 Å². The number of morpholine rings is 1. The molecule has 0 bridgehead atoms. The third kappa shape index (κ3) is 4.12. The largest absolute Gasteiger partial charge is 0.497 e. The van der Waals surface area contributed by atoms with E-state index in [0.717, 1.165) is 33.8 Å². The summed E-state index contributed by atoms with van der Waals surface area (Å²) < 4.78 is 12.3. The Balaban J connectivity index is 1.51. The summed E-state index contributed by atoms with van der Waals surface area (Å²) in [6, 6.07) is 11.2. The second-order valence-electron chi connectivity index (χ2n) is 6.76. The lowest BCUT2D eigenvalue weighted by Gasteiger charge is -2.28. The summed E-state index contributed by atoms with van der Waals surface area (Å²) in [5, 5.41) is -0.435. The Morgan fingerprint density at radius 1 is 1.17 bits per heavy atom. The summed E-state index contributed by atoms with van der Waals surface area (Å²) in [6.07, 6.45) is 3.55. The van der Waals surface area contributed by atoms with Gasteiger partial charge in [-0.3, -0.25) is 19.3 Å². The number of amides is 3. The molecule has 1 aromatic carbocycles. The molecule has 2 fully saturated rings. The van der Waals surface area contributed by atoms with E-state index >= 15 is 0 Å². The van der Waals surface area contributed by atoms with Crippen molar-refractivity contribution in [3.63, 3.8) is 0 Å². The van der Waals surface area contributed by atoms with E-state index in [1.54, 1.807) is 18.1 Å². The van der Waals surface area contributed by atoms with Crippen molar-refractivity contribution in [2.45, 2.75) is 0 Å². The second-order valence-corrected chi connectivity index (χ2v) is 7.76. The van der Waals surface area contributed by atoms with Crippen molar-refractivity contribution in [1.29, 1.82) is 0 Å². The van der Waals surface area contributed by atoms with E-state index in [-0.39, 0.29) is 12.5 Å². The molecule has 3 amide bonds. The van der Waals surface area contributed by atoms with Crippen LogP contribution in [0.5, 0.6) is 5.75 Å². The van der Waals surface area contributed by atoms with Crippen LogP contribution in [-0.4, -0.2) is 71.4 Å². The van der Waals surface area contributed by atoms with Crippen molar-refractivity contribution in [3.8, 4) is 11.4 Å². The maximum absolute atomic E-state index is 12.8. The molecule has 2 aliphatic rings. The molecule has 4 rings (SSSR count). The summed E-state index contributed by atoms with van der Waals surface area (Å²) in [4.78, 5) is 40.5. The normalized spacial score (nSPS) is 18.4. The van der Waals surface area contributed by atoms with Gasteiger partial charge in [0.15, 0.2) is 0 Å². The number of hydrogen-bond acceptors (Lipinski definition) is 6. The van der Waals surface area contributed by atoms with Gasteiger partial charge in [-0.05, 0) is 54.2 Å². The second kappa shape index (κ2) is 8.76. The highest BCUT2D eigenvalue weighted by Crippen LogP contribution is 2.32. The molecule has 8 nitrogen and oxygen atoms in total. The minimum absolute atomic E-state index is 0.247. The predicted molar refractivity (Wildman–Crippen MR) is 112 cm³/mol. The number of benzene rings is 1. The first-order chi connectivity index (χ1) is 14.6. The average molecular weight is 427 g/mol. The molecule has 0 unspecified atom stereocenters. The van der Waals surface area contributed by atoms with Crippen LogP contribution in [0.2, 0.25) is 0 Å². The van der Waals surface area contributed by atoms with E-state index in [1.165, 1.54) is 0 Å². The van der Waals surface area contributed by atoms with Crippen LogP contribution in [0.1, 0.15) is 5.69 Å². The highest BCUT2D eigenvalue weighted by Gasteiger charge is 2.37. The molecule has 2 aliphatic heterocycles. The van der Waals surface area contributed by atoms with Gasteiger partial charge >= 0.3 is 0 Å². The van der Waals surface area contributed by atoms with Gasteiger partial charge < -0.3 is 18.9 Å². The van der Waals surface area contributed by atoms with Crippen LogP contribution in [0.4, 0.5) is 4.79 Å². The third-order valence-electron chi connectivity index (χ3n) is 4.94. The van der Waals surface area contributed by atoms with Gasteiger partial charge in [-0.1, -0.05) is 0 Å². The molecule has 1 aromatic heterocycles. The standard InChI is InChI=1S/C21H21N3O5S/c1-28-17-6-4-15(5-7-17)23-8-2-3-16(23)13-18-20(26)24(21(27)30-18)14-19(25)22-9-11-29-12-10-22/h2-8,13H,9-12,14H2,1H3. The molecule has 30 heavy (non-hydrogen) atoms. The molecule has 2 saturated heterocycles. The van der Waals surface area contributed by atoms with Crippen LogP contribution in [0.25, 0.3) is 11.8 Å². The van der Waals surface area contributed by atoms with Gasteiger partial charge in [-0.25, -0.2) is 0 Å². The number of ether oxygens (including phenoxy) is 2. The van der Waals surface area contributed by atoms with Crippen molar-refractivity contribution in [2.75, 3.05) is 40.0 Å². The molecular weight excluding hydrogens is 406 g/mol.